The molecule has 0 radical (unpaired) electrons. The van der Waals surface area contributed by atoms with E-state index in [0.29, 0.717) is 6.04 Å². The molecule has 118 valence electrons. The molecular weight excluding hydrogens is 286 g/mol. The third-order valence-corrected chi connectivity index (χ3v) is 4.70. The fraction of sp³-hybridized carbons (Fsp3) is 0.647. The number of likely N-dealkylation sites (tertiary alicyclic amines) is 1. The Morgan fingerprint density at radius 2 is 2.24 bits per heavy atom. The van der Waals surface area contributed by atoms with Gasteiger partial charge in [-0.1, -0.05) is 24.1 Å². The summed E-state index contributed by atoms with van der Waals surface area (Å²) in [5, 5.41) is 9.14. The lowest BCUT2D eigenvalue weighted by Gasteiger charge is -2.36. The molecule has 1 fully saturated rings. The number of hydrogen-bond acceptors (Lipinski definition) is 3. The number of hydrogen-bond donors (Lipinski definition) is 1. The van der Waals surface area contributed by atoms with Gasteiger partial charge in [0.2, 0.25) is 0 Å². The zero-order valence-electron chi connectivity index (χ0n) is 13.0. The molecule has 1 saturated heterocycles. The summed E-state index contributed by atoms with van der Waals surface area (Å²) < 4.78 is 5.44. The molecule has 1 N–H and O–H groups in total. The maximum absolute atomic E-state index is 9.23. The Hall–Kier alpha value is -0.770. The number of aryl methyl sites for hydroxylation is 1. The van der Waals surface area contributed by atoms with Gasteiger partial charge in [0.15, 0.2) is 0 Å². The van der Waals surface area contributed by atoms with Crippen LogP contribution in [0.4, 0.5) is 0 Å². The number of ether oxygens (including phenoxy) is 1. The third kappa shape index (κ3) is 4.35. The number of aliphatic hydroxyl groups excluding tert-OH is 1. The number of methoxy groups -OCH3 is 1. The lowest BCUT2D eigenvalue weighted by molar-refractivity contribution is 0.119. The first-order valence-electron chi connectivity index (χ1n) is 7.79. The molecule has 2 atom stereocenters. The van der Waals surface area contributed by atoms with Gasteiger partial charge in [-0.15, -0.1) is 11.6 Å². The second-order valence-electron chi connectivity index (χ2n) is 5.87. The summed E-state index contributed by atoms with van der Waals surface area (Å²) in [7, 11) is 1.69. The van der Waals surface area contributed by atoms with E-state index in [0.717, 1.165) is 37.2 Å². The van der Waals surface area contributed by atoms with Gasteiger partial charge in [0.25, 0.3) is 0 Å². The fourth-order valence-electron chi connectivity index (χ4n) is 3.18. The van der Waals surface area contributed by atoms with Crippen molar-refractivity contribution < 1.29 is 9.84 Å². The molecule has 1 aliphatic heterocycles. The maximum atomic E-state index is 9.23. The number of alkyl halides is 1. The predicted octanol–water partition coefficient (Wildman–Crippen LogP) is 3.52. The number of aliphatic hydroxyl groups is 1. The van der Waals surface area contributed by atoms with Crippen LogP contribution in [0.1, 0.15) is 42.2 Å². The second kappa shape index (κ2) is 8.02. The minimum Gasteiger partial charge on any atom is -0.496 e. The van der Waals surface area contributed by atoms with Crippen molar-refractivity contribution in [2.24, 2.45) is 0 Å². The summed E-state index contributed by atoms with van der Waals surface area (Å²) in [6.07, 6.45) is 4.47. The maximum Gasteiger partial charge on any atom is 0.123 e. The molecule has 1 heterocycles. The highest BCUT2D eigenvalue weighted by Crippen LogP contribution is 2.33. The van der Waals surface area contributed by atoms with Crippen molar-refractivity contribution >= 4 is 11.6 Å². The van der Waals surface area contributed by atoms with E-state index in [1.165, 1.54) is 18.4 Å². The molecule has 2 unspecified atom stereocenters. The van der Waals surface area contributed by atoms with Crippen LogP contribution in [-0.2, 0) is 0 Å². The highest BCUT2D eigenvalue weighted by Gasteiger charge is 2.25. The second-order valence-corrected chi connectivity index (χ2v) is 6.40. The molecule has 4 heteroatoms. The lowest BCUT2D eigenvalue weighted by Crippen LogP contribution is -2.41. The van der Waals surface area contributed by atoms with Crippen LogP contribution in [0, 0.1) is 6.92 Å². The van der Waals surface area contributed by atoms with Crippen LogP contribution >= 0.6 is 11.6 Å². The Morgan fingerprint density at radius 1 is 1.43 bits per heavy atom. The van der Waals surface area contributed by atoms with Crippen LogP contribution in [0.25, 0.3) is 0 Å². The van der Waals surface area contributed by atoms with Crippen LogP contribution in [0.15, 0.2) is 18.2 Å². The monoisotopic (exact) mass is 311 g/mol. The number of piperidine rings is 1. The quantitative estimate of drug-likeness (QED) is 0.816. The van der Waals surface area contributed by atoms with Gasteiger partial charge in [0.1, 0.15) is 5.75 Å². The molecule has 0 saturated carbocycles. The number of halogens is 1. The summed E-state index contributed by atoms with van der Waals surface area (Å²) in [4.78, 5) is 2.43. The lowest BCUT2D eigenvalue weighted by atomic mass is 9.98. The normalized spacial score (nSPS) is 21.2. The summed E-state index contributed by atoms with van der Waals surface area (Å²) in [6.45, 7) is 4.21. The summed E-state index contributed by atoms with van der Waals surface area (Å²) in [5.74, 6) is 0.858. The molecule has 3 nitrogen and oxygen atoms in total. The van der Waals surface area contributed by atoms with Crippen LogP contribution in [0.3, 0.4) is 0 Å². The Bertz CT molecular complexity index is 450. The van der Waals surface area contributed by atoms with Gasteiger partial charge in [-0.3, -0.25) is 4.90 Å². The molecule has 1 aromatic carbocycles. The molecular formula is C17H26ClNO2. The van der Waals surface area contributed by atoms with Gasteiger partial charge >= 0.3 is 0 Å². The van der Waals surface area contributed by atoms with Crippen molar-refractivity contribution in [3.8, 4) is 5.75 Å². The number of benzene rings is 1. The molecule has 1 aromatic rings. The minimum atomic E-state index is -0.0841. The van der Waals surface area contributed by atoms with Crippen molar-refractivity contribution in [3.63, 3.8) is 0 Å². The minimum absolute atomic E-state index is 0.0841. The van der Waals surface area contributed by atoms with Crippen molar-refractivity contribution in [3.05, 3.63) is 29.3 Å². The van der Waals surface area contributed by atoms with Crippen molar-refractivity contribution in [1.82, 2.24) is 4.90 Å². The molecule has 21 heavy (non-hydrogen) atoms. The summed E-state index contributed by atoms with van der Waals surface area (Å²) >= 11 is 6.68. The standard InChI is InChI=1S/C17H26ClNO2/c1-13-6-7-17(21-2)15(11-13)16(18)12-19-9-4-3-5-14(19)8-10-20/h6-7,11,14,16,20H,3-5,8-10,12H2,1-2H3. The Morgan fingerprint density at radius 3 is 2.95 bits per heavy atom. The average Bonchev–Trinajstić information content (AvgIpc) is 2.49. The van der Waals surface area contributed by atoms with E-state index in [2.05, 4.69) is 17.9 Å². The third-order valence-electron chi connectivity index (χ3n) is 4.33. The molecule has 0 aromatic heterocycles. The van der Waals surface area contributed by atoms with Gasteiger partial charge < -0.3 is 9.84 Å². The molecule has 1 aliphatic rings. The van der Waals surface area contributed by atoms with Crippen molar-refractivity contribution in [2.45, 2.75) is 44.0 Å². The molecule has 0 bridgehead atoms. The van der Waals surface area contributed by atoms with E-state index in [9.17, 15) is 5.11 Å². The van der Waals surface area contributed by atoms with Gasteiger partial charge in [-0.05, 0) is 38.8 Å². The molecule has 2 rings (SSSR count). The zero-order valence-corrected chi connectivity index (χ0v) is 13.8. The first-order valence-corrected chi connectivity index (χ1v) is 8.23. The van der Waals surface area contributed by atoms with Crippen LogP contribution in [0.5, 0.6) is 5.75 Å². The van der Waals surface area contributed by atoms with E-state index in [4.69, 9.17) is 16.3 Å². The van der Waals surface area contributed by atoms with Gasteiger partial charge in [0.05, 0.1) is 12.5 Å². The average molecular weight is 312 g/mol. The van der Waals surface area contributed by atoms with Gasteiger partial charge in [-0.2, -0.15) is 0 Å². The molecule has 0 amide bonds. The highest BCUT2D eigenvalue weighted by molar-refractivity contribution is 6.21. The van der Waals surface area contributed by atoms with E-state index in [1.54, 1.807) is 7.11 Å². The fourth-order valence-corrected chi connectivity index (χ4v) is 3.53. The van der Waals surface area contributed by atoms with Crippen LogP contribution < -0.4 is 4.74 Å². The predicted molar refractivity (Wildman–Crippen MR) is 87.2 cm³/mol. The Balaban J connectivity index is 2.09. The number of nitrogens with zero attached hydrogens (tertiary/aromatic N) is 1. The van der Waals surface area contributed by atoms with Crippen LogP contribution in [-0.4, -0.2) is 42.9 Å². The first-order chi connectivity index (χ1) is 10.2. The Labute approximate surface area is 132 Å². The van der Waals surface area contributed by atoms with E-state index in [-0.39, 0.29) is 12.0 Å². The smallest absolute Gasteiger partial charge is 0.123 e. The van der Waals surface area contributed by atoms with E-state index >= 15 is 0 Å². The van der Waals surface area contributed by atoms with Crippen molar-refractivity contribution in [1.29, 1.82) is 0 Å². The summed E-state index contributed by atoms with van der Waals surface area (Å²) in [5.41, 5.74) is 2.26. The zero-order chi connectivity index (χ0) is 15.2. The first kappa shape index (κ1) is 16.6. The largest absolute Gasteiger partial charge is 0.496 e. The summed E-state index contributed by atoms with van der Waals surface area (Å²) in [6, 6.07) is 6.60. The van der Waals surface area contributed by atoms with Crippen LogP contribution in [0.2, 0.25) is 0 Å². The van der Waals surface area contributed by atoms with Gasteiger partial charge in [-0.25, -0.2) is 0 Å². The van der Waals surface area contributed by atoms with E-state index in [1.807, 2.05) is 12.1 Å². The molecule has 0 spiro atoms. The van der Waals surface area contributed by atoms with Gasteiger partial charge in [0, 0.05) is 24.8 Å². The Kier molecular flexibility index (Phi) is 6.34. The van der Waals surface area contributed by atoms with Crippen molar-refractivity contribution in [2.75, 3.05) is 26.8 Å². The SMILES string of the molecule is COc1ccc(C)cc1C(Cl)CN1CCCCC1CCO. The number of rotatable bonds is 6. The molecule has 0 aliphatic carbocycles. The topological polar surface area (TPSA) is 32.7 Å². The highest BCUT2D eigenvalue weighted by atomic mass is 35.5. The van der Waals surface area contributed by atoms with E-state index < -0.39 is 0 Å².